The van der Waals surface area contributed by atoms with E-state index in [0.717, 1.165) is 0 Å². The molecule has 0 fully saturated rings. The molecule has 0 spiro atoms. The Kier molecular flexibility index (Phi) is 6.68. The van der Waals surface area contributed by atoms with Gasteiger partial charge in [0.1, 0.15) is 0 Å². The largest absolute Gasteiger partial charge is 0.368 e. The van der Waals surface area contributed by atoms with Crippen molar-refractivity contribution in [2.24, 2.45) is 5.92 Å². The average molecular weight is 430 g/mol. The van der Waals surface area contributed by atoms with Crippen molar-refractivity contribution in [3.63, 3.8) is 0 Å². The molecule has 33 heavy (non-hydrogen) atoms. The second kappa shape index (κ2) is 10.4. The fourth-order valence-electron chi connectivity index (χ4n) is 5.14. The molecule has 1 atom stereocenters. The maximum absolute atomic E-state index is 2.92. The zero-order valence-electron chi connectivity index (χ0n) is 19.1. The first-order valence-corrected chi connectivity index (χ1v) is 12.1. The van der Waals surface area contributed by atoms with Gasteiger partial charge >= 0.3 is 0 Å². The molecule has 1 nitrogen and oxygen atoms in total. The van der Waals surface area contributed by atoms with Gasteiger partial charge in [0, 0.05) is 12.4 Å². The smallest absolute Gasteiger partial charge is 0.000442 e. The van der Waals surface area contributed by atoms with Crippen LogP contribution in [0.5, 0.6) is 0 Å². The molecule has 3 aromatic rings. The molecule has 1 N–H and O–H groups in total. The van der Waals surface area contributed by atoms with Crippen LogP contribution in [0.2, 0.25) is 0 Å². The molecule has 0 radical (unpaired) electrons. The lowest BCUT2D eigenvalue weighted by Crippen LogP contribution is -2.17. The van der Waals surface area contributed by atoms with Crippen LogP contribution in [-0.2, 0) is 25.7 Å². The normalized spacial score (nSPS) is 17.8. The highest BCUT2D eigenvalue weighted by Crippen LogP contribution is 2.39. The van der Waals surface area contributed by atoms with Crippen molar-refractivity contribution in [3.8, 4) is 11.1 Å². The Bertz CT molecular complexity index is 1200. The standard InChI is InChI=1S/C26H24.C6H7N/c1-2-6-19(7-3-1)10-11-20-12-15-24-22(18-20)14-17-25-23-9-5-4-8-21(23)13-16-26(24)25;1-2-4-6-7-5-3-1/h1-11,14,17,20H,12-13,15-16,18H2;1-7H. The Morgan fingerprint density at radius 2 is 1.42 bits per heavy atom. The van der Waals surface area contributed by atoms with E-state index >= 15 is 0 Å². The summed E-state index contributed by atoms with van der Waals surface area (Å²) in [6, 6.07) is 24.4. The van der Waals surface area contributed by atoms with E-state index in [2.05, 4.69) is 84.2 Å². The van der Waals surface area contributed by atoms with Crippen LogP contribution in [0.4, 0.5) is 0 Å². The Balaban J connectivity index is 0.000000281. The minimum absolute atomic E-state index is 0.664. The molecule has 1 unspecified atom stereocenters. The Labute approximate surface area is 197 Å². The molecule has 0 bridgehead atoms. The molecular weight excluding hydrogens is 398 g/mol. The molecule has 164 valence electrons. The van der Waals surface area contributed by atoms with Crippen molar-refractivity contribution in [3.05, 3.63) is 137 Å². The predicted molar refractivity (Wildman–Crippen MR) is 141 cm³/mol. The molecule has 1 heteroatoms. The minimum Gasteiger partial charge on any atom is -0.368 e. The number of aryl methyl sites for hydroxylation is 1. The van der Waals surface area contributed by atoms with Crippen molar-refractivity contribution in [2.45, 2.75) is 32.1 Å². The van der Waals surface area contributed by atoms with Gasteiger partial charge in [0.15, 0.2) is 0 Å². The van der Waals surface area contributed by atoms with Gasteiger partial charge in [-0.1, -0.05) is 91.0 Å². The number of fused-ring (bicyclic) bond motifs is 5. The Morgan fingerprint density at radius 3 is 2.27 bits per heavy atom. The van der Waals surface area contributed by atoms with Crippen LogP contribution >= 0.6 is 0 Å². The molecule has 2 aliphatic carbocycles. The van der Waals surface area contributed by atoms with Gasteiger partial charge in [0.25, 0.3) is 0 Å². The van der Waals surface area contributed by atoms with Gasteiger partial charge in [-0.3, -0.25) is 0 Å². The maximum Gasteiger partial charge on any atom is 0.000442 e. The van der Waals surface area contributed by atoms with E-state index in [9.17, 15) is 0 Å². The third-order valence-electron chi connectivity index (χ3n) is 6.81. The number of benzene rings is 3. The molecule has 0 saturated heterocycles. The number of rotatable bonds is 2. The van der Waals surface area contributed by atoms with E-state index in [4.69, 9.17) is 0 Å². The molecule has 0 saturated carbocycles. The Hall–Kier alpha value is -3.58. The number of nitrogens with one attached hydrogen (secondary N) is 1. The third-order valence-corrected chi connectivity index (χ3v) is 6.81. The average Bonchev–Trinajstić information content (AvgIpc) is 3.21. The lowest BCUT2D eigenvalue weighted by molar-refractivity contribution is 0.551. The van der Waals surface area contributed by atoms with Crippen molar-refractivity contribution in [2.75, 3.05) is 0 Å². The SMILES string of the molecule is C(=CC1CCc2c(ccc3c2CCc2ccccc2-3)C1)c1ccccc1.C1=CC=CNC=C1. The second-order valence-electron chi connectivity index (χ2n) is 8.93. The van der Waals surface area contributed by atoms with E-state index in [1.165, 1.54) is 54.4 Å². The number of hydrogen-bond donors (Lipinski definition) is 1. The van der Waals surface area contributed by atoms with Crippen molar-refractivity contribution in [1.82, 2.24) is 5.32 Å². The molecule has 3 aliphatic rings. The highest BCUT2D eigenvalue weighted by atomic mass is 14.8. The van der Waals surface area contributed by atoms with Crippen LogP contribution in [0.15, 0.2) is 110 Å². The van der Waals surface area contributed by atoms with Crippen LogP contribution in [0.1, 0.15) is 34.2 Å². The molecule has 1 heterocycles. The van der Waals surface area contributed by atoms with Gasteiger partial charge in [0.05, 0.1) is 0 Å². The van der Waals surface area contributed by atoms with Crippen LogP contribution in [0, 0.1) is 5.92 Å². The summed E-state index contributed by atoms with van der Waals surface area (Å²) in [4.78, 5) is 0. The minimum atomic E-state index is 0.664. The second-order valence-corrected chi connectivity index (χ2v) is 8.93. The first-order valence-electron chi connectivity index (χ1n) is 12.1. The van der Waals surface area contributed by atoms with E-state index in [1.807, 2.05) is 36.7 Å². The monoisotopic (exact) mass is 429 g/mol. The summed E-state index contributed by atoms with van der Waals surface area (Å²) in [5.74, 6) is 0.664. The quantitative estimate of drug-likeness (QED) is 0.446. The molecule has 0 amide bonds. The molecular formula is C32H31N. The third kappa shape index (κ3) is 5.09. The number of hydrogen-bond acceptors (Lipinski definition) is 1. The van der Waals surface area contributed by atoms with Gasteiger partial charge in [-0.15, -0.1) is 0 Å². The summed E-state index contributed by atoms with van der Waals surface area (Å²) in [6.45, 7) is 0. The van der Waals surface area contributed by atoms with E-state index in [-0.39, 0.29) is 0 Å². The summed E-state index contributed by atoms with van der Waals surface area (Å²) in [7, 11) is 0. The zero-order chi connectivity index (χ0) is 22.3. The summed E-state index contributed by atoms with van der Waals surface area (Å²) in [5, 5.41) is 2.92. The predicted octanol–water partition coefficient (Wildman–Crippen LogP) is 7.44. The van der Waals surface area contributed by atoms with Gasteiger partial charge in [-0.2, -0.15) is 0 Å². The van der Waals surface area contributed by atoms with Crippen LogP contribution in [0.3, 0.4) is 0 Å². The number of allylic oxidation sites excluding steroid dienone is 5. The van der Waals surface area contributed by atoms with Gasteiger partial charge in [-0.25, -0.2) is 0 Å². The Morgan fingerprint density at radius 1 is 0.636 bits per heavy atom. The van der Waals surface area contributed by atoms with E-state index < -0.39 is 0 Å². The molecule has 1 aliphatic heterocycles. The zero-order valence-corrected chi connectivity index (χ0v) is 19.1. The van der Waals surface area contributed by atoms with E-state index in [0.29, 0.717) is 5.92 Å². The first kappa shape index (κ1) is 21.3. The maximum atomic E-state index is 2.92. The molecule has 6 rings (SSSR count). The molecule has 0 aromatic heterocycles. The van der Waals surface area contributed by atoms with Gasteiger partial charge < -0.3 is 5.32 Å². The first-order chi connectivity index (χ1) is 16.4. The summed E-state index contributed by atoms with van der Waals surface area (Å²) < 4.78 is 0. The summed E-state index contributed by atoms with van der Waals surface area (Å²) in [5.41, 5.74) is 10.6. The van der Waals surface area contributed by atoms with Gasteiger partial charge in [-0.05, 0) is 89.1 Å². The summed E-state index contributed by atoms with van der Waals surface area (Å²) >= 11 is 0. The van der Waals surface area contributed by atoms with Crippen molar-refractivity contribution < 1.29 is 0 Å². The summed E-state index contributed by atoms with van der Waals surface area (Å²) in [6.07, 6.45) is 22.4. The lowest BCUT2D eigenvalue weighted by atomic mass is 9.75. The van der Waals surface area contributed by atoms with Crippen molar-refractivity contribution in [1.29, 1.82) is 0 Å². The highest BCUT2D eigenvalue weighted by Gasteiger charge is 2.24. The van der Waals surface area contributed by atoms with Crippen LogP contribution in [-0.4, -0.2) is 0 Å². The highest BCUT2D eigenvalue weighted by molar-refractivity contribution is 5.75. The van der Waals surface area contributed by atoms with E-state index in [1.54, 1.807) is 16.7 Å². The van der Waals surface area contributed by atoms with Crippen molar-refractivity contribution >= 4 is 6.08 Å². The fraction of sp³-hybridized carbons (Fsp3) is 0.188. The lowest BCUT2D eigenvalue weighted by Gasteiger charge is -2.29. The fourth-order valence-corrected chi connectivity index (χ4v) is 5.14. The topological polar surface area (TPSA) is 12.0 Å². The van der Waals surface area contributed by atoms with Crippen LogP contribution in [0.25, 0.3) is 17.2 Å². The van der Waals surface area contributed by atoms with Gasteiger partial charge in [0.2, 0.25) is 0 Å². The van der Waals surface area contributed by atoms with Crippen LogP contribution < -0.4 is 5.32 Å². The molecule has 3 aromatic carbocycles.